The van der Waals surface area contributed by atoms with Crippen LogP contribution in [0, 0.1) is 5.92 Å². The van der Waals surface area contributed by atoms with E-state index in [1.165, 1.54) is 12.8 Å². The Balaban J connectivity index is 1.95. The van der Waals surface area contributed by atoms with Crippen molar-refractivity contribution in [3.8, 4) is 0 Å². The number of ether oxygens (including phenoxy) is 1. The Morgan fingerprint density at radius 2 is 2.44 bits per heavy atom. The summed E-state index contributed by atoms with van der Waals surface area (Å²) in [6, 6.07) is 0. The molecule has 0 aromatic carbocycles. The molecule has 5 nitrogen and oxygen atoms in total. The smallest absolute Gasteiger partial charge is 0.309 e. The van der Waals surface area contributed by atoms with E-state index < -0.39 is 0 Å². The van der Waals surface area contributed by atoms with Gasteiger partial charge >= 0.3 is 5.97 Å². The van der Waals surface area contributed by atoms with Crippen molar-refractivity contribution in [1.29, 1.82) is 0 Å². The molecule has 0 radical (unpaired) electrons. The average Bonchev–Trinajstić information content (AvgIpc) is 2.85. The fourth-order valence-corrected chi connectivity index (χ4v) is 2.55. The maximum atomic E-state index is 11.6. The summed E-state index contributed by atoms with van der Waals surface area (Å²) in [7, 11) is 1.47. The highest BCUT2D eigenvalue weighted by Crippen LogP contribution is 2.19. The third kappa shape index (κ3) is 2.90. The van der Waals surface area contributed by atoms with Crippen LogP contribution in [0.5, 0.6) is 0 Å². The first kappa shape index (κ1) is 13.1. The summed E-state index contributed by atoms with van der Waals surface area (Å²) < 4.78 is 6.98. The molecule has 5 heteroatoms. The molecule has 2 rings (SSSR count). The van der Waals surface area contributed by atoms with Crippen LogP contribution in [-0.2, 0) is 22.6 Å². The number of aryl methyl sites for hydroxylation is 1. The number of esters is 1. The quantitative estimate of drug-likeness (QED) is 0.757. The number of nitrogens with zero attached hydrogens (tertiary/aromatic N) is 3. The minimum Gasteiger partial charge on any atom is -0.469 e. The second-order valence-electron chi connectivity index (χ2n) is 4.77. The Kier molecular flexibility index (Phi) is 4.36. The molecule has 2 heterocycles. The average molecular weight is 251 g/mol. The van der Waals surface area contributed by atoms with E-state index in [9.17, 15) is 4.79 Å². The van der Waals surface area contributed by atoms with E-state index in [1.54, 1.807) is 0 Å². The van der Waals surface area contributed by atoms with Crippen LogP contribution in [0.3, 0.4) is 0 Å². The molecule has 100 valence electrons. The van der Waals surface area contributed by atoms with E-state index in [0.29, 0.717) is 0 Å². The van der Waals surface area contributed by atoms with Gasteiger partial charge in [0.05, 0.1) is 25.0 Å². The standard InChI is InChI=1S/C13H21N3O2/c1-3-16-10-14-7-12(16)9-15-6-4-5-11(8-15)13(17)18-2/h7,10-11H,3-6,8-9H2,1-2H3/t11-/m0/s1. The van der Waals surface area contributed by atoms with Crippen molar-refractivity contribution < 1.29 is 9.53 Å². The summed E-state index contributed by atoms with van der Waals surface area (Å²) in [5.41, 5.74) is 1.21. The summed E-state index contributed by atoms with van der Waals surface area (Å²) in [5.74, 6) is -0.0505. The largest absolute Gasteiger partial charge is 0.469 e. The Morgan fingerprint density at radius 3 is 3.17 bits per heavy atom. The van der Waals surface area contributed by atoms with Gasteiger partial charge in [0, 0.05) is 25.8 Å². The molecular formula is C13H21N3O2. The molecule has 0 N–H and O–H groups in total. The number of methoxy groups -OCH3 is 1. The van der Waals surface area contributed by atoms with E-state index in [2.05, 4.69) is 21.4 Å². The molecule has 0 bridgehead atoms. The molecule has 1 fully saturated rings. The first-order valence-corrected chi connectivity index (χ1v) is 6.53. The van der Waals surface area contributed by atoms with Gasteiger partial charge < -0.3 is 9.30 Å². The molecule has 1 atom stereocenters. The molecule has 18 heavy (non-hydrogen) atoms. The molecule has 0 aliphatic carbocycles. The van der Waals surface area contributed by atoms with Crippen LogP contribution in [0.15, 0.2) is 12.5 Å². The van der Waals surface area contributed by atoms with Gasteiger partial charge in [-0.2, -0.15) is 0 Å². The number of hydrogen-bond acceptors (Lipinski definition) is 4. The number of aromatic nitrogens is 2. The number of piperidine rings is 1. The summed E-state index contributed by atoms with van der Waals surface area (Å²) >= 11 is 0. The zero-order valence-electron chi connectivity index (χ0n) is 11.1. The van der Waals surface area contributed by atoms with Gasteiger partial charge in [0.2, 0.25) is 0 Å². The maximum absolute atomic E-state index is 11.6. The van der Waals surface area contributed by atoms with Gasteiger partial charge in [0.15, 0.2) is 0 Å². The van der Waals surface area contributed by atoms with Gasteiger partial charge in [-0.05, 0) is 26.3 Å². The lowest BCUT2D eigenvalue weighted by Crippen LogP contribution is -2.39. The van der Waals surface area contributed by atoms with E-state index in [0.717, 1.165) is 39.0 Å². The van der Waals surface area contributed by atoms with Crippen molar-refractivity contribution in [3.05, 3.63) is 18.2 Å². The number of carbonyl (C=O) groups is 1. The Morgan fingerprint density at radius 1 is 1.61 bits per heavy atom. The molecule has 1 aliphatic heterocycles. The molecule has 0 saturated carbocycles. The van der Waals surface area contributed by atoms with Crippen molar-refractivity contribution in [2.24, 2.45) is 5.92 Å². The number of carbonyl (C=O) groups excluding carboxylic acids is 1. The van der Waals surface area contributed by atoms with Gasteiger partial charge in [0.25, 0.3) is 0 Å². The van der Waals surface area contributed by atoms with Gasteiger partial charge in [-0.1, -0.05) is 0 Å². The second kappa shape index (κ2) is 6.00. The fraction of sp³-hybridized carbons (Fsp3) is 0.692. The third-order valence-corrected chi connectivity index (χ3v) is 3.56. The number of imidazole rings is 1. The Bertz CT molecular complexity index is 403. The predicted octanol–water partition coefficient (Wildman–Crippen LogP) is 1.29. The van der Waals surface area contributed by atoms with Gasteiger partial charge in [0.1, 0.15) is 0 Å². The normalized spacial score (nSPS) is 20.9. The lowest BCUT2D eigenvalue weighted by atomic mass is 9.98. The molecule has 1 aliphatic rings. The van der Waals surface area contributed by atoms with E-state index >= 15 is 0 Å². The lowest BCUT2D eigenvalue weighted by Gasteiger charge is -2.31. The van der Waals surface area contributed by atoms with Crippen molar-refractivity contribution in [2.75, 3.05) is 20.2 Å². The molecule has 1 aromatic heterocycles. The first-order valence-electron chi connectivity index (χ1n) is 6.53. The van der Waals surface area contributed by atoms with E-state index in [4.69, 9.17) is 4.74 Å². The van der Waals surface area contributed by atoms with Crippen molar-refractivity contribution in [1.82, 2.24) is 14.5 Å². The first-order chi connectivity index (χ1) is 8.74. The topological polar surface area (TPSA) is 47.4 Å². The zero-order chi connectivity index (χ0) is 13.0. The van der Waals surface area contributed by atoms with Gasteiger partial charge in [-0.25, -0.2) is 4.98 Å². The predicted molar refractivity (Wildman–Crippen MR) is 67.9 cm³/mol. The Hall–Kier alpha value is -1.36. The van der Waals surface area contributed by atoms with Crippen LogP contribution in [0.25, 0.3) is 0 Å². The number of hydrogen-bond donors (Lipinski definition) is 0. The monoisotopic (exact) mass is 251 g/mol. The molecule has 1 saturated heterocycles. The number of rotatable bonds is 4. The van der Waals surface area contributed by atoms with Crippen LogP contribution in [-0.4, -0.2) is 40.6 Å². The Labute approximate surface area is 108 Å². The maximum Gasteiger partial charge on any atom is 0.309 e. The van der Waals surface area contributed by atoms with E-state index in [1.807, 2.05) is 12.5 Å². The van der Waals surface area contributed by atoms with Crippen molar-refractivity contribution in [2.45, 2.75) is 32.9 Å². The van der Waals surface area contributed by atoms with Crippen molar-refractivity contribution in [3.63, 3.8) is 0 Å². The highest BCUT2D eigenvalue weighted by molar-refractivity contribution is 5.72. The molecule has 0 amide bonds. The second-order valence-corrected chi connectivity index (χ2v) is 4.77. The van der Waals surface area contributed by atoms with Crippen LogP contribution in [0.1, 0.15) is 25.5 Å². The molecule has 0 spiro atoms. The molecule has 0 unspecified atom stereocenters. The molecule has 1 aromatic rings. The number of likely N-dealkylation sites (tertiary alicyclic amines) is 1. The zero-order valence-corrected chi connectivity index (χ0v) is 11.1. The molecular weight excluding hydrogens is 230 g/mol. The summed E-state index contributed by atoms with van der Waals surface area (Å²) in [5, 5.41) is 0. The SMILES string of the molecule is CCn1cncc1CN1CCC[C@H](C(=O)OC)C1. The van der Waals surface area contributed by atoms with Crippen LogP contribution < -0.4 is 0 Å². The summed E-state index contributed by atoms with van der Waals surface area (Å²) in [4.78, 5) is 18.1. The lowest BCUT2D eigenvalue weighted by molar-refractivity contribution is -0.147. The van der Waals surface area contributed by atoms with E-state index in [-0.39, 0.29) is 11.9 Å². The van der Waals surface area contributed by atoms with Crippen LogP contribution in [0.2, 0.25) is 0 Å². The minimum atomic E-state index is -0.0799. The highest BCUT2D eigenvalue weighted by Gasteiger charge is 2.26. The fourth-order valence-electron chi connectivity index (χ4n) is 2.55. The van der Waals surface area contributed by atoms with Crippen molar-refractivity contribution >= 4 is 5.97 Å². The van der Waals surface area contributed by atoms with Gasteiger partial charge in [-0.15, -0.1) is 0 Å². The summed E-state index contributed by atoms with van der Waals surface area (Å²) in [6.45, 7) is 5.74. The summed E-state index contributed by atoms with van der Waals surface area (Å²) in [6.07, 6.45) is 5.76. The third-order valence-electron chi connectivity index (χ3n) is 3.56. The minimum absolute atomic E-state index is 0.0294. The van der Waals surface area contributed by atoms with Crippen LogP contribution >= 0.6 is 0 Å². The van der Waals surface area contributed by atoms with Crippen LogP contribution in [0.4, 0.5) is 0 Å². The highest BCUT2D eigenvalue weighted by atomic mass is 16.5. The van der Waals surface area contributed by atoms with Gasteiger partial charge in [-0.3, -0.25) is 9.69 Å².